The highest BCUT2D eigenvalue weighted by Gasteiger charge is 2.21. The number of rotatable bonds is 12. The van der Waals surface area contributed by atoms with Crippen LogP contribution in [0, 0.1) is 6.92 Å². The van der Waals surface area contributed by atoms with Crippen molar-refractivity contribution in [3.63, 3.8) is 0 Å². The van der Waals surface area contributed by atoms with Crippen LogP contribution in [0.3, 0.4) is 0 Å². The van der Waals surface area contributed by atoms with Gasteiger partial charge in [0.25, 0.3) is 0 Å². The molecular weight excluding hydrogens is 560 g/mol. The second kappa shape index (κ2) is 15.8. The van der Waals surface area contributed by atoms with E-state index < -0.39 is 5.97 Å². The molecule has 2 heterocycles. The summed E-state index contributed by atoms with van der Waals surface area (Å²) in [5, 5.41) is 9.39. The molecule has 0 amide bonds. The van der Waals surface area contributed by atoms with Crippen LogP contribution in [0.4, 0.5) is 5.69 Å². The normalized spacial score (nSPS) is 10.7. The van der Waals surface area contributed by atoms with Crippen molar-refractivity contribution in [2.75, 3.05) is 24.6 Å². The van der Waals surface area contributed by atoms with Gasteiger partial charge in [-0.3, -0.25) is 4.79 Å². The number of hydrogen-bond acceptors (Lipinski definition) is 4. The van der Waals surface area contributed by atoms with Crippen molar-refractivity contribution in [1.82, 2.24) is 4.40 Å². The van der Waals surface area contributed by atoms with E-state index in [-0.39, 0.29) is 16.9 Å². The number of anilines is 1. The first kappa shape index (κ1) is 33.1. The van der Waals surface area contributed by atoms with E-state index in [1.165, 1.54) is 34.0 Å². The second-order valence-corrected chi connectivity index (χ2v) is 10.9. The monoisotopic (exact) mass is 604 g/mol. The van der Waals surface area contributed by atoms with Crippen molar-refractivity contribution in [3.8, 4) is 16.9 Å². The molecule has 234 valence electrons. The second-order valence-electron chi connectivity index (χ2n) is 10.9. The lowest BCUT2D eigenvalue weighted by Gasteiger charge is -2.22. The van der Waals surface area contributed by atoms with Crippen molar-refractivity contribution in [1.29, 1.82) is 0 Å². The van der Waals surface area contributed by atoms with Gasteiger partial charge in [-0.2, -0.15) is 0 Å². The standard InChI is InChI=1S/C22H27NO4.C17H17N/c1-4-7-14-27-20-15-16(23(5-2)6-3)12-13-19(20)21(24)17-10-8-9-11-18(17)22(25)26;1-3-14-9-10-16-11-17(13(2)18(16)12-14)15-7-5-4-6-8-15/h8-13,15H,4-7,14H2,1-3H3,(H,25,26);4-12H,3H2,1-2H3. The summed E-state index contributed by atoms with van der Waals surface area (Å²) in [5.41, 5.74) is 8.09. The number of nitrogens with zero attached hydrogens (tertiary/aromatic N) is 2. The average molecular weight is 605 g/mol. The molecule has 2 aromatic heterocycles. The van der Waals surface area contributed by atoms with Gasteiger partial charge in [0.15, 0.2) is 5.78 Å². The zero-order chi connectivity index (χ0) is 32.3. The van der Waals surface area contributed by atoms with E-state index in [4.69, 9.17) is 4.74 Å². The lowest BCUT2D eigenvalue weighted by molar-refractivity contribution is 0.0692. The first-order valence-corrected chi connectivity index (χ1v) is 15.9. The molecule has 0 spiro atoms. The maximum absolute atomic E-state index is 13.1. The molecule has 0 bridgehead atoms. The van der Waals surface area contributed by atoms with Gasteiger partial charge in [-0.15, -0.1) is 0 Å². The minimum Gasteiger partial charge on any atom is -0.493 e. The van der Waals surface area contributed by atoms with E-state index in [2.05, 4.69) is 98.6 Å². The third-order valence-corrected chi connectivity index (χ3v) is 8.07. The minimum absolute atomic E-state index is 0.00479. The highest BCUT2D eigenvalue weighted by atomic mass is 16.5. The Morgan fingerprint density at radius 3 is 2.13 bits per heavy atom. The molecule has 5 rings (SSSR count). The fourth-order valence-electron chi connectivity index (χ4n) is 5.41. The highest BCUT2D eigenvalue weighted by Crippen LogP contribution is 2.30. The van der Waals surface area contributed by atoms with Crippen LogP contribution in [0.25, 0.3) is 16.6 Å². The number of carbonyl (C=O) groups is 2. The van der Waals surface area contributed by atoms with Gasteiger partial charge in [0.1, 0.15) is 5.75 Å². The van der Waals surface area contributed by atoms with Crippen LogP contribution in [0.2, 0.25) is 0 Å². The van der Waals surface area contributed by atoms with Gasteiger partial charge < -0.3 is 19.1 Å². The molecule has 3 aromatic carbocycles. The Bertz CT molecular complexity index is 1740. The molecule has 0 aliphatic rings. The number of aromatic carboxylic acids is 1. The van der Waals surface area contributed by atoms with Crippen molar-refractivity contribution in [2.45, 2.75) is 53.9 Å². The van der Waals surface area contributed by atoms with Crippen LogP contribution in [0.1, 0.15) is 78.1 Å². The van der Waals surface area contributed by atoms with E-state index in [9.17, 15) is 14.7 Å². The van der Waals surface area contributed by atoms with Crippen molar-refractivity contribution in [2.24, 2.45) is 0 Å². The molecule has 6 heteroatoms. The molecule has 0 saturated carbocycles. The van der Waals surface area contributed by atoms with Gasteiger partial charge >= 0.3 is 5.97 Å². The summed E-state index contributed by atoms with van der Waals surface area (Å²) < 4.78 is 8.20. The third kappa shape index (κ3) is 7.82. The topological polar surface area (TPSA) is 71.2 Å². The molecular formula is C39H44N2O4. The number of aryl methyl sites for hydroxylation is 2. The first-order chi connectivity index (χ1) is 21.8. The number of pyridine rings is 1. The van der Waals surface area contributed by atoms with E-state index >= 15 is 0 Å². The van der Waals surface area contributed by atoms with Crippen LogP contribution >= 0.6 is 0 Å². The molecule has 0 fully saturated rings. The quantitative estimate of drug-likeness (QED) is 0.114. The molecule has 6 nitrogen and oxygen atoms in total. The molecule has 0 atom stereocenters. The molecule has 1 N–H and O–H groups in total. The van der Waals surface area contributed by atoms with E-state index in [1.807, 2.05) is 12.1 Å². The summed E-state index contributed by atoms with van der Waals surface area (Å²) >= 11 is 0. The summed E-state index contributed by atoms with van der Waals surface area (Å²) in [6, 6.07) is 29.0. The molecule has 0 aliphatic heterocycles. The summed E-state index contributed by atoms with van der Waals surface area (Å²) in [4.78, 5) is 26.7. The number of fused-ring (bicyclic) bond motifs is 1. The number of ketones is 1. The lowest BCUT2D eigenvalue weighted by Crippen LogP contribution is -2.22. The third-order valence-electron chi connectivity index (χ3n) is 8.07. The SMILES string of the molecule is CCCCOc1cc(N(CC)CC)ccc1C(=O)c1ccccc1C(=O)O.CCc1ccc2cc(-c3ccccc3)c(C)n2c1. The van der Waals surface area contributed by atoms with Crippen LogP contribution in [0.15, 0.2) is 97.2 Å². The largest absolute Gasteiger partial charge is 0.493 e. The average Bonchev–Trinajstić information content (AvgIpc) is 3.41. The Labute approximate surface area is 266 Å². The number of ether oxygens (including phenoxy) is 1. The Morgan fingerprint density at radius 2 is 1.49 bits per heavy atom. The zero-order valence-electron chi connectivity index (χ0n) is 27.0. The molecule has 0 aliphatic carbocycles. The minimum atomic E-state index is -1.12. The fraction of sp³-hybridized carbons (Fsp3) is 0.282. The van der Waals surface area contributed by atoms with Crippen LogP contribution in [-0.2, 0) is 6.42 Å². The number of aromatic nitrogens is 1. The molecule has 5 aromatic rings. The predicted molar refractivity (Wildman–Crippen MR) is 184 cm³/mol. The maximum Gasteiger partial charge on any atom is 0.336 e. The number of carboxylic acids is 1. The van der Waals surface area contributed by atoms with Gasteiger partial charge in [0.2, 0.25) is 0 Å². The predicted octanol–water partition coefficient (Wildman–Crippen LogP) is 9.12. The van der Waals surface area contributed by atoms with Gasteiger partial charge in [0.05, 0.1) is 17.7 Å². The van der Waals surface area contributed by atoms with Crippen LogP contribution in [-0.4, -0.2) is 41.0 Å². The van der Waals surface area contributed by atoms with Gasteiger partial charge in [-0.05, 0) is 75.1 Å². The zero-order valence-corrected chi connectivity index (χ0v) is 27.0. The Kier molecular flexibility index (Phi) is 11.6. The van der Waals surface area contributed by atoms with Crippen LogP contribution in [0.5, 0.6) is 5.75 Å². The Balaban J connectivity index is 0.000000220. The summed E-state index contributed by atoms with van der Waals surface area (Å²) in [6.45, 7) is 12.8. The number of carboxylic acid groups (broad SMARTS) is 1. The molecule has 45 heavy (non-hydrogen) atoms. The molecule has 0 saturated heterocycles. The summed E-state index contributed by atoms with van der Waals surface area (Å²) in [5.74, 6) is -0.962. The van der Waals surface area contributed by atoms with Crippen molar-refractivity contribution < 1.29 is 19.4 Å². The molecule has 0 unspecified atom stereocenters. The van der Waals surface area contributed by atoms with Crippen LogP contribution < -0.4 is 9.64 Å². The number of carbonyl (C=O) groups excluding carboxylic acids is 1. The Hall–Kier alpha value is -4.84. The fourth-order valence-corrected chi connectivity index (χ4v) is 5.41. The maximum atomic E-state index is 13.1. The number of unbranched alkanes of at least 4 members (excludes halogenated alkanes) is 1. The smallest absolute Gasteiger partial charge is 0.336 e. The van der Waals surface area contributed by atoms with Gasteiger partial charge in [-0.25, -0.2) is 4.79 Å². The van der Waals surface area contributed by atoms with E-state index in [0.29, 0.717) is 17.9 Å². The van der Waals surface area contributed by atoms with E-state index in [0.717, 1.165) is 38.0 Å². The van der Waals surface area contributed by atoms with E-state index in [1.54, 1.807) is 24.3 Å². The van der Waals surface area contributed by atoms with Gasteiger partial charge in [0, 0.05) is 53.4 Å². The number of benzene rings is 3. The van der Waals surface area contributed by atoms with Crippen molar-refractivity contribution >= 4 is 23.0 Å². The highest BCUT2D eigenvalue weighted by molar-refractivity contribution is 6.15. The van der Waals surface area contributed by atoms with Crippen molar-refractivity contribution in [3.05, 3.63) is 125 Å². The first-order valence-electron chi connectivity index (χ1n) is 15.9. The summed E-state index contributed by atoms with van der Waals surface area (Å²) in [6.07, 6.45) is 5.20. The number of hydrogen-bond donors (Lipinski definition) is 1. The molecule has 0 radical (unpaired) electrons. The summed E-state index contributed by atoms with van der Waals surface area (Å²) in [7, 11) is 0. The lowest BCUT2D eigenvalue weighted by atomic mass is 9.97. The van der Waals surface area contributed by atoms with Gasteiger partial charge in [-0.1, -0.05) is 74.9 Å². The Morgan fingerprint density at radius 1 is 0.800 bits per heavy atom.